The fourth-order valence-corrected chi connectivity index (χ4v) is 1.58. The van der Waals surface area contributed by atoms with Crippen LogP contribution in [0.15, 0.2) is 30.5 Å². The van der Waals surface area contributed by atoms with Crippen LogP contribution in [0.25, 0.3) is 0 Å². The third-order valence-electron chi connectivity index (χ3n) is 2.35. The molecule has 0 atom stereocenters. The minimum absolute atomic E-state index is 0.0428. The van der Waals surface area contributed by atoms with Crippen molar-refractivity contribution in [1.82, 2.24) is 9.97 Å². The number of benzene rings is 1. The van der Waals surface area contributed by atoms with Crippen molar-refractivity contribution >= 4 is 23.3 Å². The van der Waals surface area contributed by atoms with Crippen molar-refractivity contribution in [2.45, 2.75) is 6.92 Å². The Bertz CT molecular complexity index is 602. The van der Waals surface area contributed by atoms with Gasteiger partial charge in [-0.15, -0.1) is 0 Å². The number of hydrogen-bond donors (Lipinski definition) is 2. The summed E-state index contributed by atoms with van der Waals surface area (Å²) >= 11 is 5.61. The quantitative estimate of drug-likeness (QED) is 0.816. The zero-order valence-electron chi connectivity index (χ0n) is 9.51. The molecule has 1 heterocycles. The van der Waals surface area contributed by atoms with Crippen LogP contribution in [0.2, 0.25) is 5.28 Å². The number of halogens is 1. The van der Waals surface area contributed by atoms with E-state index >= 15 is 0 Å². The largest absolute Gasteiger partial charge is 0.507 e. The van der Waals surface area contributed by atoms with Crippen molar-refractivity contribution in [3.63, 3.8) is 0 Å². The first-order valence-electron chi connectivity index (χ1n) is 5.16. The smallest absolute Gasteiger partial charge is 0.260 e. The molecule has 0 aliphatic rings. The lowest BCUT2D eigenvalue weighted by molar-refractivity contribution is 0.102. The Balaban J connectivity index is 2.25. The number of hydrogen-bond acceptors (Lipinski definition) is 4. The summed E-state index contributed by atoms with van der Waals surface area (Å²) in [5.41, 5.74) is 0.813. The maximum Gasteiger partial charge on any atom is 0.260 e. The third-order valence-corrected chi connectivity index (χ3v) is 2.53. The van der Waals surface area contributed by atoms with E-state index < -0.39 is 5.91 Å². The van der Waals surface area contributed by atoms with Gasteiger partial charge in [0.25, 0.3) is 5.91 Å². The van der Waals surface area contributed by atoms with Gasteiger partial charge in [0.05, 0.1) is 5.56 Å². The van der Waals surface area contributed by atoms with Crippen LogP contribution < -0.4 is 5.32 Å². The Labute approximate surface area is 108 Å². The standard InChI is InChI=1S/C12H10ClN3O2/c1-7-3-2-4-8(10(7)17)11(18)15-9-5-6-14-12(13)16-9/h2-6,17H,1H3,(H,14,15,16,18). The van der Waals surface area contributed by atoms with Gasteiger partial charge in [0.15, 0.2) is 0 Å². The Kier molecular flexibility index (Phi) is 3.43. The molecule has 6 heteroatoms. The van der Waals surface area contributed by atoms with E-state index in [1.165, 1.54) is 18.3 Å². The zero-order chi connectivity index (χ0) is 13.1. The first kappa shape index (κ1) is 12.3. The lowest BCUT2D eigenvalue weighted by atomic mass is 10.1. The van der Waals surface area contributed by atoms with Crippen LogP contribution in [-0.2, 0) is 0 Å². The average Bonchev–Trinajstić information content (AvgIpc) is 2.32. The predicted octanol–water partition coefficient (Wildman–Crippen LogP) is 2.40. The second-order valence-electron chi connectivity index (χ2n) is 3.64. The second kappa shape index (κ2) is 5.01. The number of aromatic nitrogens is 2. The molecule has 0 saturated carbocycles. The fourth-order valence-electron chi connectivity index (χ4n) is 1.43. The van der Waals surface area contributed by atoms with Crippen molar-refractivity contribution in [2.75, 3.05) is 5.32 Å². The highest BCUT2D eigenvalue weighted by Crippen LogP contribution is 2.22. The maximum atomic E-state index is 11.9. The van der Waals surface area contributed by atoms with Crippen LogP contribution in [0.4, 0.5) is 5.82 Å². The number of carbonyl (C=O) groups excluding carboxylic acids is 1. The number of aryl methyl sites for hydroxylation is 1. The number of phenolic OH excluding ortho intramolecular Hbond substituents is 1. The van der Waals surface area contributed by atoms with Crippen LogP contribution >= 0.6 is 11.6 Å². The predicted molar refractivity (Wildman–Crippen MR) is 67.8 cm³/mol. The fraction of sp³-hybridized carbons (Fsp3) is 0.0833. The van der Waals surface area contributed by atoms with Gasteiger partial charge in [-0.25, -0.2) is 9.97 Å². The van der Waals surface area contributed by atoms with Crippen molar-refractivity contribution in [3.8, 4) is 5.75 Å². The highest BCUT2D eigenvalue weighted by molar-refractivity contribution is 6.28. The molecule has 0 radical (unpaired) electrons. The van der Waals surface area contributed by atoms with E-state index in [4.69, 9.17) is 11.6 Å². The summed E-state index contributed by atoms with van der Waals surface area (Å²) in [6.07, 6.45) is 1.43. The molecule has 0 aliphatic heterocycles. The van der Waals surface area contributed by atoms with Gasteiger partial charge in [-0.1, -0.05) is 12.1 Å². The molecule has 2 rings (SSSR count). The highest BCUT2D eigenvalue weighted by atomic mass is 35.5. The molecule has 92 valence electrons. The number of carbonyl (C=O) groups is 1. The van der Waals surface area contributed by atoms with Crippen LogP contribution in [0.1, 0.15) is 15.9 Å². The number of rotatable bonds is 2. The molecule has 0 fully saturated rings. The number of phenols is 1. The first-order valence-corrected chi connectivity index (χ1v) is 5.54. The SMILES string of the molecule is Cc1cccc(C(=O)Nc2ccnc(Cl)n2)c1O. The molecule has 2 N–H and O–H groups in total. The monoisotopic (exact) mass is 263 g/mol. The summed E-state index contributed by atoms with van der Waals surface area (Å²) in [4.78, 5) is 19.5. The molecule has 0 saturated heterocycles. The summed E-state index contributed by atoms with van der Waals surface area (Å²) in [5, 5.41) is 12.4. The lowest BCUT2D eigenvalue weighted by Gasteiger charge is -2.07. The van der Waals surface area contributed by atoms with E-state index in [1.807, 2.05) is 0 Å². The van der Waals surface area contributed by atoms with Gasteiger partial charge < -0.3 is 10.4 Å². The van der Waals surface area contributed by atoms with Crippen molar-refractivity contribution in [2.24, 2.45) is 0 Å². The number of para-hydroxylation sites is 1. The second-order valence-corrected chi connectivity index (χ2v) is 3.97. The van der Waals surface area contributed by atoms with Gasteiger partial charge in [-0.05, 0) is 36.2 Å². The van der Waals surface area contributed by atoms with Crippen molar-refractivity contribution in [1.29, 1.82) is 0 Å². The van der Waals surface area contributed by atoms with Crippen LogP contribution in [0, 0.1) is 6.92 Å². The molecule has 1 aromatic heterocycles. The number of amides is 1. The Morgan fingerprint density at radius 2 is 2.17 bits per heavy atom. The van der Waals surface area contributed by atoms with Gasteiger partial charge in [-0.3, -0.25) is 4.79 Å². The number of nitrogens with one attached hydrogen (secondary N) is 1. The van der Waals surface area contributed by atoms with Crippen molar-refractivity contribution in [3.05, 3.63) is 46.9 Å². The number of nitrogens with zero attached hydrogens (tertiary/aromatic N) is 2. The maximum absolute atomic E-state index is 11.9. The molecular weight excluding hydrogens is 254 g/mol. The van der Waals surface area contributed by atoms with Gasteiger partial charge in [0.2, 0.25) is 5.28 Å². The summed E-state index contributed by atoms with van der Waals surface area (Å²) in [7, 11) is 0. The topological polar surface area (TPSA) is 75.1 Å². The van der Waals surface area contributed by atoms with Gasteiger partial charge in [0.1, 0.15) is 11.6 Å². The van der Waals surface area contributed by atoms with E-state index in [2.05, 4.69) is 15.3 Å². The lowest BCUT2D eigenvalue weighted by Crippen LogP contribution is -2.13. The summed E-state index contributed by atoms with van der Waals surface area (Å²) < 4.78 is 0. The van der Waals surface area contributed by atoms with Crippen LogP contribution in [-0.4, -0.2) is 21.0 Å². The van der Waals surface area contributed by atoms with Crippen LogP contribution in [0.5, 0.6) is 5.75 Å². The molecular formula is C12H10ClN3O2. The molecule has 2 aromatic rings. The normalized spacial score (nSPS) is 10.1. The van der Waals surface area contributed by atoms with Gasteiger partial charge in [0, 0.05) is 6.20 Å². The first-order chi connectivity index (χ1) is 8.58. The minimum Gasteiger partial charge on any atom is -0.507 e. The average molecular weight is 264 g/mol. The Morgan fingerprint density at radius 3 is 2.89 bits per heavy atom. The third kappa shape index (κ3) is 2.57. The van der Waals surface area contributed by atoms with Gasteiger partial charge in [-0.2, -0.15) is 0 Å². The number of aromatic hydroxyl groups is 1. The molecule has 0 spiro atoms. The highest BCUT2D eigenvalue weighted by Gasteiger charge is 2.13. The molecule has 0 aliphatic carbocycles. The van der Waals surface area contributed by atoms with E-state index in [0.717, 1.165) is 0 Å². The molecule has 0 unspecified atom stereocenters. The van der Waals surface area contributed by atoms with E-state index in [1.54, 1.807) is 19.1 Å². The molecule has 1 amide bonds. The van der Waals surface area contributed by atoms with E-state index in [0.29, 0.717) is 5.56 Å². The summed E-state index contributed by atoms with van der Waals surface area (Å²) in [6.45, 7) is 1.72. The Hall–Kier alpha value is -2.14. The molecule has 1 aromatic carbocycles. The van der Waals surface area contributed by atoms with Crippen molar-refractivity contribution < 1.29 is 9.90 Å². The summed E-state index contributed by atoms with van der Waals surface area (Å²) in [5.74, 6) is -0.220. The van der Waals surface area contributed by atoms with E-state index in [-0.39, 0.29) is 22.4 Å². The van der Waals surface area contributed by atoms with E-state index in [9.17, 15) is 9.90 Å². The zero-order valence-corrected chi connectivity index (χ0v) is 10.3. The molecule has 18 heavy (non-hydrogen) atoms. The minimum atomic E-state index is -0.453. The Morgan fingerprint density at radius 1 is 1.39 bits per heavy atom. The summed E-state index contributed by atoms with van der Waals surface area (Å²) in [6, 6.07) is 6.45. The molecule has 0 bridgehead atoms. The number of anilines is 1. The molecule has 5 nitrogen and oxygen atoms in total. The van der Waals surface area contributed by atoms with Crippen LogP contribution in [0.3, 0.4) is 0 Å². The van der Waals surface area contributed by atoms with Gasteiger partial charge >= 0.3 is 0 Å².